The van der Waals surface area contributed by atoms with E-state index in [1.165, 1.54) is 0 Å². The summed E-state index contributed by atoms with van der Waals surface area (Å²) < 4.78 is 10.8. The summed E-state index contributed by atoms with van der Waals surface area (Å²) in [5.74, 6) is 4.57. The largest absolute Gasteiger partial charge is 0.493 e. The number of hydrogen-bond donors (Lipinski definition) is 2. The molecule has 24 heavy (non-hydrogen) atoms. The number of hydrogen-bond acceptors (Lipinski definition) is 3. The van der Waals surface area contributed by atoms with Gasteiger partial charge in [0.05, 0.1) is 7.11 Å². The van der Waals surface area contributed by atoms with Crippen molar-refractivity contribution in [2.75, 3.05) is 20.8 Å². The number of benzene rings is 1. The molecule has 1 aliphatic carbocycles. The van der Waals surface area contributed by atoms with Crippen LogP contribution < -0.4 is 20.1 Å². The normalized spacial score (nSPS) is 13.8. The molecule has 2 rings (SSSR count). The van der Waals surface area contributed by atoms with Crippen molar-refractivity contribution in [3.8, 4) is 23.8 Å². The van der Waals surface area contributed by atoms with Crippen LogP contribution in [0, 0.1) is 12.3 Å². The minimum absolute atomic E-state index is 0. The number of ether oxygens (including phenoxy) is 2. The lowest BCUT2D eigenvalue weighted by Gasteiger charge is -2.17. The van der Waals surface area contributed by atoms with Crippen molar-refractivity contribution in [2.45, 2.75) is 25.4 Å². The van der Waals surface area contributed by atoms with Crippen molar-refractivity contribution < 1.29 is 9.47 Å². The van der Waals surface area contributed by atoms with Crippen LogP contribution in [0.15, 0.2) is 35.3 Å². The first-order chi connectivity index (χ1) is 11.3. The van der Waals surface area contributed by atoms with Crippen molar-refractivity contribution in [1.29, 1.82) is 0 Å². The number of methoxy groups -OCH3 is 1. The van der Waals surface area contributed by atoms with Crippen molar-refractivity contribution >= 4 is 29.9 Å². The second-order valence-corrected chi connectivity index (χ2v) is 5.19. The zero-order valence-electron chi connectivity index (χ0n) is 14.0. The monoisotopic (exact) mass is 441 g/mol. The zero-order chi connectivity index (χ0) is 16.5. The summed E-state index contributed by atoms with van der Waals surface area (Å²) in [5.41, 5.74) is 1.06. The molecule has 0 atom stereocenters. The molecule has 1 aliphatic rings. The van der Waals surface area contributed by atoms with Crippen molar-refractivity contribution in [3.05, 3.63) is 35.9 Å². The fourth-order valence-corrected chi connectivity index (χ4v) is 2.37. The SMILES string of the molecule is C#CCOc1cc(CNC(=NC)NC2CC=CC2)ccc1OC.I. The summed E-state index contributed by atoms with van der Waals surface area (Å²) in [4.78, 5) is 4.26. The maximum atomic E-state index is 5.52. The van der Waals surface area contributed by atoms with E-state index in [1.807, 2.05) is 18.2 Å². The maximum absolute atomic E-state index is 5.52. The van der Waals surface area contributed by atoms with Crippen LogP contribution >= 0.6 is 24.0 Å². The van der Waals surface area contributed by atoms with Gasteiger partial charge in [-0.25, -0.2) is 0 Å². The third kappa shape index (κ3) is 5.96. The lowest BCUT2D eigenvalue weighted by Crippen LogP contribution is -2.42. The van der Waals surface area contributed by atoms with E-state index in [9.17, 15) is 0 Å². The van der Waals surface area contributed by atoms with E-state index in [1.54, 1.807) is 14.2 Å². The molecule has 5 nitrogen and oxygen atoms in total. The van der Waals surface area contributed by atoms with Gasteiger partial charge < -0.3 is 20.1 Å². The second-order valence-electron chi connectivity index (χ2n) is 5.19. The van der Waals surface area contributed by atoms with Gasteiger partial charge in [-0.05, 0) is 30.5 Å². The van der Waals surface area contributed by atoms with Crippen LogP contribution in [0.25, 0.3) is 0 Å². The highest BCUT2D eigenvalue weighted by Crippen LogP contribution is 2.27. The van der Waals surface area contributed by atoms with E-state index >= 15 is 0 Å². The van der Waals surface area contributed by atoms with Crippen molar-refractivity contribution in [2.24, 2.45) is 4.99 Å². The minimum atomic E-state index is 0. The number of nitrogens with one attached hydrogen (secondary N) is 2. The van der Waals surface area contributed by atoms with E-state index in [4.69, 9.17) is 15.9 Å². The molecule has 0 saturated carbocycles. The minimum Gasteiger partial charge on any atom is -0.493 e. The first-order valence-electron chi connectivity index (χ1n) is 7.62. The van der Waals surface area contributed by atoms with Crippen molar-refractivity contribution in [1.82, 2.24) is 10.6 Å². The molecule has 0 fully saturated rings. The van der Waals surface area contributed by atoms with E-state index in [0.717, 1.165) is 24.4 Å². The molecule has 0 spiro atoms. The third-order valence-electron chi connectivity index (χ3n) is 3.57. The van der Waals surface area contributed by atoms with Crippen LogP contribution in [0.2, 0.25) is 0 Å². The van der Waals surface area contributed by atoms with Gasteiger partial charge in [-0.15, -0.1) is 30.4 Å². The van der Waals surface area contributed by atoms with Crippen LogP contribution in [0.3, 0.4) is 0 Å². The van der Waals surface area contributed by atoms with Gasteiger partial charge in [0, 0.05) is 19.6 Å². The lowest BCUT2D eigenvalue weighted by atomic mass is 10.2. The van der Waals surface area contributed by atoms with E-state index in [0.29, 0.717) is 24.1 Å². The fraction of sp³-hybridized carbons (Fsp3) is 0.389. The Morgan fingerprint density at radius 1 is 1.33 bits per heavy atom. The van der Waals surface area contributed by atoms with Crippen molar-refractivity contribution in [3.63, 3.8) is 0 Å². The van der Waals surface area contributed by atoms with E-state index < -0.39 is 0 Å². The molecule has 130 valence electrons. The predicted molar refractivity (Wildman–Crippen MR) is 108 cm³/mol. The smallest absolute Gasteiger partial charge is 0.191 e. The highest BCUT2D eigenvalue weighted by Gasteiger charge is 2.12. The van der Waals surface area contributed by atoms with Gasteiger partial charge in [0.2, 0.25) is 0 Å². The van der Waals surface area contributed by atoms with Crippen LogP contribution in [0.1, 0.15) is 18.4 Å². The molecule has 0 unspecified atom stereocenters. The number of nitrogens with zero attached hydrogens (tertiary/aromatic N) is 1. The lowest BCUT2D eigenvalue weighted by molar-refractivity contribution is 0.330. The molecule has 0 amide bonds. The molecule has 0 bridgehead atoms. The van der Waals surface area contributed by atoms with Crippen LogP contribution in [0.4, 0.5) is 0 Å². The molecule has 0 radical (unpaired) electrons. The van der Waals surface area contributed by atoms with Gasteiger partial charge in [-0.1, -0.05) is 24.1 Å². The quantitative estimate of drug-likeness (QED) is 0.235. The molecule has 2 N–H and O–H groups in total. The Morgan fingerprint density at radius 3 is 2.71 bits per heavy atom. The Hall–Kier alpha value is -1.88. The number of aliphatic imine (C=N–C) groups is 1. The molecule has 1 aromatic carbocycles. The molecule has 0 heterocycles. The second kappa shape index (κ2) is 10.8. The Balaban J connectivity index is 0.00000288. The van der Waals surface area contributed by atoms with Crippen LogP contribution in [0.5, 0.6) is 11.5 Å². The highest BCUT2D eigenvalue weighted by atomic mass is 127. The standard InChI is InChI=1S/C18H23N3O2.HI/c1-4-11-23-17-12-14(9-10-16(17)22-3)13-20-18(19-2)21-15-7-5-6-8-15;/h1,5-6,9-10,12,15H,7-8,11,13H2,2-3H3,(H2,19,20,21);1H. The maximum Gasteiger partial charge on any atom is 0.191 e. The Morgan fingerprint density at radius 2 is 2.08 bits per heavy atom. The fourth-order valence-electron chi connectivity index (χ4n) is 2.37. The third-order valence-corrected chi connectivity index (χ3v) is 3.57. The Labute approximate surface area is 160 Å². The molecule has 0 aromatic heterocycles. The number of rotatable bonds is 6. The van der Waals surface area contributed by atoms with E-state index in [2.05, 4.69) is 33.7 Å². The summed E-state index contributed by atoms with van der Waals surface area (Å²) in [7, 11) is 3.38. The first kappa shape index (κ1) is 20.2. The first-order valence-corrected chi connectivity index (χ1v) is 7.62. The molecule has 0 saturated heterocycles. The zero-order valence-corrected chi connectivity index (χ0v) is 16.4. The van der Waals surface area contributed by atoms with Gasteiger partial charge >= 0.3 is 0 Å². The summed E-state index contributed by atoms with van der Waals surface area (Å²) >= 11 is 0. The summed E-state index contributed by atoms with van der Waals surface area (Å²) in [5, 5.41) is 6.71. The van der Waals surface area contributed by atoms with Gasteiger partial charge in [-0.3, -0.25) is 4.99 Å². The molecule has 6 heteroatoms. The average molecular weight is 441 g/mol. The summed E-state index contributed by atoms with van der Waals surface area (Å²) in [6.07, 6.45) is 11.7. The molecular weight excluding hydrogens is 417 g/mol. The number of guanidine groups is 1. The average Bonchev–Trinajstić information content (AvgIpc) is 3.09. The number of terminal acetylenes is 1. The Kier molecular flexibility index (Phi) is 9.08. The van der Waals surface area contributed by atoms with Crippen LogP contribution in [-0.4, -0.2) is 32.8 Å². The highest BCUT2D eigenvalue weighted by molar-refractivity contribution is 14.0. The van der Waals surface area contributed by atoms with E-state index in [-0.39, 0.29) is 30.6 Å². The molecular formula is C18H24IN3O2. The topological polar surface area (TPSA) is 54.9 Å². The molecule has 1 aromatic rings. The van der Waals surface area contributed by atoms with Gasteiger partial charge in [0.1, 0.15) is 6.61 Å². The predicted octanol–water partition coefficient (Wildman–Crippen LogP) is 2.71. The molecule has 0 aliphatic heterocycles. The Bertz CT molecular complexity index is 615. The van der Waals surface area contributed by atoms with Gasteiger partial charge in [-0.2, -0.15) is 0 Å². The van der Waals surface area contributed by atoms with Gasteiger partial charge in [0.25, 0.3) is 0 Å². The summed E-state index contributed by atoms with van der Waals surface area (Å²) in [6.45, 7) is 0.849. The van der Waals surface area contributed by atoms with Crippen LogP contribution in [-0.2, 0) is 6.54 Å². The van der Waals surface area contributed by atoms with Gasteiger partial charge in [0.15, 0.2) is 17.5 Å². The summed E-state index contributed by atoms with van der Waals surface area (Å²) in [6, 6.07) is 6.21. The number of halogens is 1.